The van der Waals surface area contributed by atoms with Crippen LogP contribution in [0, 0.1) is 5.41 Å². The van der Waals surface area contributed by atoms with Crippen molar-refractivity contribution in [2.24, 2.45) is 5.41 Å². The monoisotopic (exact) mass is 469 g/mol. The molecule has 1 amide bonds. The zero-order valence-electron chi connectivity index (χ0n) is 18.7. The van der Waals surface area contributed by atoms with E-state index in [0.29, 0.717) is 30.5 Å². The van der Waals surface area contributed by atoms with Crippen LogP contribution in [0.1, 0.15) is 61.1 Å². The summed E-state index contributed by atoms with van der Waals surface area (Å²) in [7, 11) is 0. The molecule has 1 saturated carbocycles. The van der Waals surface area contributed by atoms with E-state index in [0.717, 1.165) is 25.0 Å². The summed E-state index contributed by atoms with van der Waals surface area (Å²) < 4.78 is 44.2. The third-order valence-corrected chi connectivity index (χ3v) is 5.79. The van der Waals surface area contributed by atoms with Crippen LogP contribution in [-0.2, 0) is 12.7 Å². The molecule has 0 radical (unpaired) electrons. The molecule has 1 fully saturated rings. The number of nitrogens with zero attached hydrogens (tertiary/aromatic N) is 1. The Morgan fingerprint density at radius 1 is 1.21 bits per heavy atom. The summed E-state index contributed by atoms with van der Waals surface area (Å²) in [5, 5.41) is 29.3. The van der Waals surface area contributed by atoms with Gasteiger partial charge in [0.2, 0.25) is 0 Å². The van der Waals surface area contributed by atoms with Crippen molar-refractivity contribution in [3.05, 3.63) is 41.1 Å². The quantitative estimate of drug-likeness (QED) is 0.471. The predicted octanol–water partition coefficient (Wildman–Crippen LogP) is 3.50. The number of rotatable bonds is 8. The fourth-order valence-electron chi connectivity index (χ4n) is 3.82. The van der Waals surface area contributed by atoms with Crippen molar-refractivity contribution in [1.29, 1.82) is 0 Å². The van der Waals surface area contributed by atoms with Crippen molar-refractivity contribution in [2.75, 3.05) is 13.2 Å². The number of carbonyl (C=O) groups is 1. The minimum Gasteiger partial charge on any atom is -0.396 e. The molecule has 0 unspecified atom stereocenters. The highest BCUT2D eigenvalue weighted by Crippen LogP contribution is 2.33. The number of aliphatic hydroxyl groups excluding tert-OH is 2. The van der Waals surface area contributed by atoms with Gasteiger partial charge in [0.15, 0.2) is 11.5 Å². The molecular weight excluding hydrogens is 439 g/mol. The number of halogens is 3. The molecule has 7 nitrogen and oxygen atoms in total. The third-order valence-electron chi connectivity index (χ3n) is 5.79. The first-order chi connectivity index (χ1) is 15.5. The summed E-state index contributed by atoms with van der Waals surface area (Å²) in [5.74, 6) is -0.263. The van der Waals surface area contributed by atoms with Crippen LogP contribution in [0.2, 0.25) is 0 Å². The minimum absolute atomic E-state index is 0.0410. The molecule has 33 heavy (non-hydrogen) atoms. The normalized spacial score (nSPS) is 19.5. The largest absolute Gasteiger partial charge is 0.416 e. The van der Waals surface area contributed by atoms with E-state index in [1.807, 2.05) is 13.8 Å². The maximum atomic E-state index is 13.0. The second kappa shape index (κ2) is 10.2. The summed E-state index contributed by atoms with van der Waals surface area (Å²) in [6.45, 7) is 4.28. The Bertz CT molecular complexity index is 941. The van der Waals surface area contributed by atoms with E-state index in [-0.39, 0.29) is 30.6 Å². The zero-order valence-corrected chi connectivity index (χ0v) is 18.7. The van der Waals surface area contributed by atoms with Crippen LogP contribution in [0.5, 0.6) is 0 Å². The Labute approximate surface area is 190 Å². The second-order valence-corrected chi connectivity index (χ2v) is 9.33. The van der Waals surface area contributed by atoms with Crippen molar-refractivity contribution < 1.29 is 32.7 Å². The van der Waals surface area contributed by atoms with Gasteiger partial charge in [-0.15, -0.1) is 0 Å². The minimum atomic E-state index is -4.46. The van der Waals surface area contributed by atoms with Crippen LogP contribution in [0.15, 0.2) is 28.8 Å². The Morgan fingerprint density at radius 2 is 1.91 bits per heavy atom. The molecular formula is C23H30F3N3O4. The Kier molecular flexibility index (Phi) is 7.81. The van der Waals surface area contributed by atoms with E-state index in [1.54, 1.807) is 0 Å². The molecule has 0 aliphatic heterocycles. The molecule has 182 valence electrons. The molecule has 0 spiro atoms. The summed E-state index contributed by atoms with van der Waals surface area (Å²) in [5.41, 5.74) is -0.381. The lowest BCUT2D eigenvalue weighted by molar-refractivity contribution is -0.137. The van der Waals surface area contributed by atoms with Gasteiger partial charge in [-0.3, -0.25) is 4.79 Å². The maximum absolute atomic E-state index is 13.0. The molecule has 0 bridgehead atoms. The first-order valence-corrected chi connectivity index (χ1v) is 11.0. The van der Waals surface area contributed by atoms with Crippen molar-refractivity contribution in [1.82, 2.24) is 15.8 Å². The number of hydrogen-bond acceptors (Lipinski definition) is 6. The van der Waals surface area contributed by atoms with E-state index >= 15 is 0 Å². The van der Waals surface area contributed by atoms with E-state index < -0.39 is 29.2 Å². The maximum Gasteiger partial charge on any atom is 0.416 e. The Balaban J connectivity index is 1.86. The molecule has 2 atom stereocenters. The van der Waals surface area contributed by atoms with E-state index in [2.05, 4.69) is 15.8 Å². The summed E-state index contributed by atoms with van der Waals surface area (Å²) in [4.78, 5) is 13.0. The number of amides is 1. The van der Waals surface area contributed by atoms with Gasteiger partial charge in [-0.05, 0) is 37.8 Å². The van der Waals surface area contributed by atoms with Gasteiger partial charge in [-0.25, -0.2) is 0 Å². The molecule has 1 aliphatic carbocycles. The number of benzene rings is 1. The summed E-state index contributed by atoms with van der Waals surface area (Å²) >= 11 is 0. The number of aromatic nitrogens is 1. The highest BCUT2D eigenvalue weighted by molar-refractivity contribution is 5.95. The van der Waals surface area contributed by atoms with Crippen LogP contribution in [0.4, 0.5) is 13.2 Å². The van der Waals surface area contributed by atoms with Gasteiger partial charge in [0, 0.05) is 42.3 Å². The average molecular weight is 470 g/mol. The van der Waals surface area contributed by atoms with E-state index in [9.17, 15) is 28.2 Å². The van der Waals surface area contributed by atoms with E-state index in [1.165, 1.54) is 12.1 Å². The molecule has 0 saturated heterocycles. The van der Waals surface area contributed by atoms with Crippen LogP contribution in [0.3, 0.4) is 0 Å². The standard InChI is InChI=1S/C23H30F3N3O4/c1-22(2,13-30)12-27-11-18-19(21(32)28-16-4-3-5-17(31)10-16)29-33-20(18)14-6-8-15(9-7-14)23(24,25)26/h6-9,16-17,27,30-31H,3-5,10-13H2,1-2H3,(H,28,32)/t16-,17+/m1/s1. The van der Waals surface area contributed by atoms with Crippen molar-refractivity contribution >= 4 is 5.91 Å². The fourth-order valence-corrected chi connectivity index (χ4v) is 3.82. The smallest absolute Gasteiger partial charge is 0.396 e. The van der Waals surface area contributed by atoms with Gasteiger partial charge in [-0.1, -0.05) is 31.1 Å². The number of carbonyl (C=O) groups excluding carboxylic acids is 1. The van der Waals surface area contributed by atoms with Crippen molar-refractivity contribution in [3.63, 3.8) is 0 Å². The van der Waals surface area contributed by atoms with Gasteiger partial charge in [0.1, 0.15) is 0 Å². The van der Waals surface area contributed by atoms with Crippen molar-refractivity contribution in [3.8, 4) is 11.3 Å². The SMILES string of the molecule is CC(C)(CO)CNCc1c(C(=O)N[C@@H]2CCC[C@H](O)C2)noc1-c1ccc(C(F)(F)F)cc1. The zero-order chi connectivity index (χ0) is 24.2. The number of nitrogens with one attached hydrogen (secondary N) is 2. The van der Waals surface area contributed by atoms with Crippen LogP contribution in [-0.4, -0.2) is 46.6 Å². The van der Waals surface area contributed by atoms with Gasteiger partial charge in [0.25, 0.3) is 5.91 Å². The summed E-state index contributed by atoms with van der Waals surface area (Å²) in [6.07, 6.45) is -2.24. The van der Waals surface area contributed by atoms with Gasteiger partial charge in [0.05, 0.1) is 11.7 Å². The first-order valence-electron chi connectivity index (χ1n) is 11.0. The number of aliphatic hydroxyl groups is 2. The highest BCUT2D eigenvalue weighted by atomic mass is 19.4. The third kappa shape index (κ3) is 6.55. The molecule has 2 aromatic rings. The molecule has 1 heterocycles. The molecule has 3 rings (SSSR count). The first kappa shape index (κ1) is 25.2. The lowest BCUT2D eigenvalue weighted by atomic mass is 9.93. The number of alkyl halides is 3. The fraction of sp³-hybridized carbons (Fsp3) is 0.565. The average Bonchev–Trinajstić information content (AvgIpc) is 3.17. The van der Waals surface area contributed by atoms with Gasteiger partial charge < -0.3 is 25.4 Å². The highest BCUT2D eigenvalue weighted by Gasteiger charge is 2.31. The lowest BCUT2D eigenvalue weighted by Gasteiger charge is -2.26. The summed E-state index contributed by atoms with van der Waals surface area (Å²) in [6, 6.07) is 4.27. The molecule has 1 aromatic heterocycles. The molecule has 1 aromatic carbocycles. The Hall–Kier alpha value is -2.43. The second-order valence-electron chi connectivity index (χ2n) is 9.33. The van der Waals surface area contributed by atoms with Crippen LogP contribution < -0.4 is 10.6 Å². The lowest BCUT2D eigenvalue weighted by Crippen LogP contribution is -2.40. The molecule has 4 N–H and O–H groups in total. The van der Waals surface area contributed by atoms with Crippen molar-refractivity contribution in [2.45, 2.75) is 64.4 Å². The van der Waals surface area contributed by atoms with Crippen LogP contribution >= 0.6 is 0 Å². The molecule has 1 aliphatic rings. The Morgan fingerprint density at radius 3 is 2.52 bits per heavy atom. The molecule has 10 heteroatoms. The predicted molar refractivity (Wildman–Crippen MR) is 115 cm³/mol. The van der Waals surface area contributed by atoms with Gasteiger partial charge >= 0.3 is 6.18 Å². The number of hydrogen-bond donors (Lipinski definition) is 4. The van der Waals surface area contributed by atoms with Crippen LogP contribution in [0.25, 0.3) is 11.3 Å². The topological polar surface area (TPSA) is 108 Å². The van der Waals surface area contributed by atoms with Gasteiger partial charge in [-0.2, -0.15) is 13.2 Å². The van der Waals surface area contributed by atoms with E-state index in [4.69, 9.17) is 4.52 Å².